The molecular formula is C19H24BrN3. The first kappa shape index (κ1) is 15.4. The predicted molar refractivity (Wildman–Crippen MR) is 100 cm³/mol. The van der Waals surface area contributed by atoms with Crippen LogP contribution in [0.15, 0.2) is 34.8 Å². The first-order chi connectivity index (χ1) is 11.2. The third-order valence-corrected chi connectivity index (χ3v) is 5.99. The molecule has 0 radical (unpaired) electrons. The van der Waals surface area contributed by atoms with E-state index in [2.05, 4.69) is 63.0 Å². The molecule has 122 valence electrons. The third-order valence-electron chi connectivity index (χ3n) is 5.50. The van der Waals surface area contributed by atoms with Crippen LogP contribution in [0.2, 0.25) is 0 Å². The number of benzene rings is 1. The molecule has 2 aromatic rings. The number of anilines is 1. The second kappa shape index (κ2) is 6.40. The fraction of sp³-hybridized carbons (Fsp3) is 0.526. The number of pyridine rings is 1. The number of nitrogens with zero attached hydrogens (tertiary/aromatic N) is 3. The molecule has 2 saturated heterocycles. The van der Waals surface area contributed by atoms with E-state index in [1.807, 2.05) is 0 Å². The molecule has 2 aliphatic heterocycles. The van der Waals surface area contributed by atoms with Gasteiger partial charge in [0, 0.05) is 35.0 Å². The minimum atomic E-state index is 0.778. The molecule has 2 aliphatic rings. The molecular weight excluding hydrogens is 350 g/mol. The van der Waals surface area contributed by atoms with Gasteiger partial charge in [-0.25, -0.2) is 4.98 Å². The molecule has 0 spiro atoms. The van der Waals surface area contributed by atoms with Crippen molar-refractivity contribution in [3.05, 3.63) is 34.8 Å². The lowest BCUT2D eigenvalue weighted by molar-refractivity contribution is 0.163. The Morgan fingerprint density at radius 1 is 1.04 bits per heavy atom. The van der Waals surface area contributed by atoms with Crippen LogP contribution in [-0.4, -0.2) is 41.6 Å². The van der Waals surface area contributed by atoms with Crippen LogP contribution in [0.25, 0.3) is 10.9 Å². The molecule has 0 N–H and O–H groups in total. The first-order valence-electron chi connectivity index (χ1n) is 8.78. The van der Waals surface area contributed by atoms with Crippen molar-refractivity contribution in [2.45, 2.75) is 44.7 Å². The second-order valence-electron chi connectivity index (χ2n) is 6.95. The predicted octanol–water partition coefficient (Wildman–Crippen LogP) is 4.45. The third kappa shape index (κ3) is 3.11. The number of rotatable bonds is 2. The van der Waals surface area contributed by atoms with E-state index in [1.54, 1.807) is 0 Å². The largest absolute Gasteiger partial charge is 0.356 e. The van der Waals surface area contributed by atoms with Crippen molar-refractivity contribution in [3.63, 3.8) is 0 Å². The highest BCUT2D eigenvalue weighted by atomic mass is 79.9. The molecule has 23 heavy (non-hydrogen) atoms. The summed E-state index contributed by atoms with van der Waals surface area (Å²) in [6.07, 6.45) is 5.29. The Hall–Kier alpha value is -1.13. The van der Waals surface area contributed by atoms with Crippen LogP contribution in [0.4, 0.5) is 5.82 Å². The van der Waals surface area contributed by atoms with Crippen molar-refractivity contribution in [1.82, 2.24) is 9.88 Å². The number of fused-ring (bicyclic) bond motifs is 1. The van der Waals surface area contributed by atoms with Gasteiger partial charge < -0.3 is 4.90 Å². The molecule has 1 unspecified atom stereocenters. The Kier molecular flexibility index (Phi) is 4.29. The van der Waals surface area contributed by atoms with Gasteiger partial charge in [0.2, 0.25) is 0 Å². The highest BCUT2D eigenvalue weighted by molar-refractivity contribution is 9.10. The quantitative estimate of drug-likeness (QED) is 0.774. The topological polar surface area (TPSA) is 19.4 Å². The van der Waals surface area contributed by atoms with Crippen LogP contribution in [0.1, 0.15) is 32.6 Å². The van der Waals surface area contributed by atoms with E-state index in [-0.39, 0.29) is 0 Å². The van der Waals surface area contributed by atoms with Gasteiger partial charge in [0.1, 0.15) is 5.82 Å². The smallest absolute Gasteiger partial charge is 0.129 e. The van der Waals surface area contributed by atoms with Crippen LogP contribution in [-0.2, 0) is 0 Å². The molecule has 2 fully saturated rings. The van der Waals surface area contributed by atoms with E-state index in [0.717, 1.165) is 41.0 Å². The molecule has 1 aromatic carbocycles. The Morgan fingerprint density at radius 2 is 1.87 bits per heavy atom. The van der Waals surface area contributed by atoms with Crippen molar-refractivity contribution >= 4 is 32.7 Å². The molecule has 0 saturated carbocycles. The average Bonchev–Trinajstić information content (AvgIpc) is 3.00. The van der Waals surface area contributed by atoms with Crippen LogP contribution in [0, 0.1) is 0 Å². The molecule has 3 nitrogen and oxygen atoms in total. The molecule has 1 atom stereocenters. The van der Waals surface area contributed by atoms with Gasteiger partial charge in [0.25, 0.3) is 0 Å². The number of hydrogen-bond donors (Lipinski definition) is 0. The highest BCUT2D eigenvalue weighted by Gasteiger charge is 2.30. The van der Waals surface area contributed by atoms with E-state index in [0.29, 0.717) is 0 Å². The fourth-order valence-electron chi connectivity index (χ4n) is 4.19. The van der Waals surface area contributed by atoms with Gasteiger partial charge in [-0.15, -0.1) is 0 Å². The lowest BCUT2D eigenvalue weighted by atomic mass is 10.0. The van der Waals surface area contributed by atoms with Gasteiger partial charge in [-0.3, -0.25) is 4.90 Å². The normalized spacial score (nSPS) is 23.7. The number of hydrogen-bond acceptors (Lipinski definition) is 3. The Morgan fingerprint density at radius 3 is 2.61 bits per heavy atom. The lowest BCUT2D eigenvalue weighted by Gasteiger charge is -2.39. The fourth-order valence-corrected chi connectivity index (χ4v) is 4.57. The van der Waals surface area contributed by atoms with Crippen LogP contribution in [0.5, 0.6) is 0 Å². The van der Waals surface area contributed by atoms with Crippen molar-refractivity contribution in [3.8, 4) is 0 Å². The van der Waals surface area contributed by atoms with E-state index in [4.69, 9.17) is 4.98 Å². The molecule has 0 amide bonds. The summed E-state index contributed by atoms with van der Waals surface area (Å²) in [5, 5.41) is 1.20. The molecule has 1 aromatic heterocycles. The zero-order valence-electron chi connectivity index (χ0n) is 13.7. The standard InChI is InChI=1S/C19H24BrN3/c1-14-3-2-10-23(14)17-8-11-22(12-9-17)19-7-4-15-13-16(20)5-6-18(15)21-19/h4-7,13-14,17H,2-3,8-12H2,1H3. The van der Waals surface area contributed by atoms with E-state index in [9.17, 15) is 0 Å². The van der Waals surface area contributed by atoms with Crippen molar-refractivity contribution in [2.75, 3.05) is 24.5 Å². The summed E-state index contributed by atoms with van der Waals surface area (Å²) in [4.78, 5) is 10.1. The number of piperidine rings is 1. The minimum Gasteiger partial charge on any atom is -0.356 e. The summed E-state index contributed by atoms with van der Waals surface area (Å²) >= 11 is 3.53. The maximum Gasteiger partial charge on any atom is 0.129 e. The summed E-state index contributed by atoms with van der Waals surface area (Å²) in [7, 11) is 0. The van der Waals surface area contributed by atoms with Crippen molar-refractivity contribution < 1.29 is 0 Å². The van der Waals surface area contributed by atoms with Crippen LogP contribution < -0.4 is 4.90 Å². The molecule has 4 rings (SSSR count). The van der Waals surface area contributed by atoms with Crippen LogP contribution in [0.3, 0.4) is 0 Å². The van der Waals surface area contributed by atoms with E-state index < -0.39 is 0 Å². The Labute approximate surface area is 146 Å². The number of aromatic nitrogens is 1. The number of likely N-dealkylation sites (tertiary alicyclic amines) is 1. The van der Waals surface area contributed by atoms with Gasteiger partial charge >= 0.3 is 0 Å². The molecule has 0 bridgehead atoms. The summed E-state index contributed by atoms with van der Waals surface area (Å²) in [6, 6.07) is 12.2. The van der Waals surface area contributed by atoms with Gasteiger partial charge in [0.05, 0.1) is 5.52 Å². The summed E-state index contributed by atoms with van der Waals surface area (Å²) in [5.41, 5.74) is 1.08. The molecule has 4 heteroatoms. The van der Waals surface area contributed by atoms with E-state index >= 15 is 0 Å². The zero-order chi connectivity index (χ0) is 15.8. The Bertz CT molecular complexity index is 694. The molecule has 0 aliphatic carbocycles. The second-order valence-corrected chi connectivity index (χ2v) is 7.87. The highest BCUT2D eigenvalue weighted by Crippen LogP contribution is 2.28. The lowest BCUT2D eigenvalue weighted by Crippen LogP contribution is -2.46. The van der Waals surface area contributed by atoms with Gasteiger partial charge in [-0.05, 0) is 69.5 Å². The maximum absolute atomic E-state index is 4.87. The SMILES string of the molecule is CC1CCCN1C1CCN(c2ccc3cc(Br)ccc3n2)CC1. The monoisotopic (exact) mass is 373 g/mol. The average molecular weight is 374 g/mol. The van der Waals surface area contributed by atoms with E-state index in [1.165, 1.54) is 37.6 Å². The summed E-state index contributed by atoms with van der Waals surface area (Å²) < 4.78 is 1.11. The first-order valence-corrected chi connectivity index (χ1v) is 9.57. The number of halogens is 1. The summed E-state index contributed by atoms with van der Waals surface area (Å²) in [6.45, 7) is 5.95. The van der Waals surface area contributed by atoms with Gasteiger partial charge in [0.15, 0.2) is 0 Å². The maximum atomic E-state index is 4.87. The summed E-state index contributed by atoms with van der Waals surface area (Å²) in [5.74, 6) is 1.13. The van der Waals surface area contributed by atoms with Gasteiger partial charge in [-0.1, -0.05) is 15.9 Å². The van der Waals surface area contributed by atoms with Crippen molar-refractivity contribution in [1.29, 1.82) is 0 Å². The molecule has 3 heterocycles. The minimum absolute atomic E-state index is 0.778. The zero-order valence-corrected chi connectivity index (χ0v) is 15.3. The Balaban J connectivity index is 1.46. The van der Waals surface area contributed by atoms with Crippen LogP contribution >= 0.6 is 15.9 Å². The van der Waals surface area contributed by atoms with Crippen molar-refractivity contribution in [2.24, 2.45) is 0 Å². The van der Waals surface area contributed by atoms with Gasteiger partial charge in [-0.2, -0.15) is 0 Å².